The standard InChI is InChI=1S/C40H36ClNO4/c1-27-21-23-30(24-22-27)40(29-13-5-4-6-14-29,36-19-11-12-20-37(36)41)46-38(43)25-28(2)42(3)39(44)45-26-35-33-17-9-7-15-31(33)32-16-8-10-18-34(32)35/h4-24,28,35H,25-26H2,1-3H3/t28-,40?/m1/s1. The molecule has 0 N–H and O–H groups in total. The van der Waals surface area contributed by atoms with E-state index in [-0.39, 0.29) is 18.9 Å². The summed E-state index contributed by atoms with van der Waals surface area (Å²) in [5.74, 6) is -0.531. The van der Waals surface area contributed by atoms with Crippen LogP contribution in [0.1, 0.15) is 52.6 Å². The van der Waals surface area contributed by atoms with Crippen LogP contribution in [0.5, 0.6) is 0 Å². The van der Waals surface area contributed by atoms with E-state index in [1.165, 1.54) is 4.90 Å². The van der Waals surface area contributed by atoms with Gasteiger partial charge in [-0.2, -0.15) is 0 Å². The molecule has 5 aromatic rings. The molecule has 2 atom stereocenters. The van der Waals surface area contributed by atoms with Crippen LogP contribution in [-0.2, 0) is 19.9 Å². The zero-order valence-corrected chi connectivity index (χ0v) is 26.9. The van der Waals surface area contributed by atoms with Crippen molar-refractivity contribution in [2.24, 2.45) is 0 Å². The summed E-state index contributed by atoms with van der Waals surface area (Å²) in [6.07, 6.45) is -0.549. The molecule has 232 valence electrons. The minimum Gasteiger partial charge on any atom is -0.448 e. The van der Waals surface area contributed by atoms with Gasteiger partial charge in [0.25, 0.3) is 0 Å². The summed E-state index contributed by atoms with van der Waals surface area (Å²) in [4.78, 5) is 28.7. The summed E-state index contributed by atoms with van der Waals surface area (Å²) in [6, 6.07) is 40.9. The fraction of sp³-hybridized carbons (Fsp3) is 0.200. The average Bonchev–Trinajstić information content (AvgIpc) is 3.40. The number of hydrogen-bond donors (Lipinski definition) is 0. The third-order valence-electron chi connectivity index (χ3n) is 8.91. The maximum atomic E-state index is 13.9. The molecule has 6 rings (SSSR count). The van der Waals surface area contributed by atoms with Crippen LogP contribution in [0.3, 0.4) is 0 Å². The molecule has 0 spiro atoms. The molecule has 0 fully saturated rings. The molecule has 0 heterocycles. The summed E-state index contributed by atoms with van der Waals surface area (Å²) in [5.41, 5.74) is 6.56. The summed E-state index contributed by atoms with van der Waals surface area (Å²) < 4.78 is 12.4. The van der Waals surface area contributed by atoms with E-state index in [1.807, 2.05) is 111 Å². The van der Waals surface area contributed by atoms with Gasteiger partial charge in [0, 0.05) is 40.7 Å². The highest BCUT2D eigenvalue weighted by atomic mass is 35.5. The van der Waals surface area contributed by atoms with E-state index in [0.717, 1.165) is 38.9 Å². The molecule has 0 saturated heterocycles. The van der Waals surface area contributed by atoms with Crippen molar-refractivity contribution in [3.05, 3.63) is 166 Å². The Morgan fingerprint density at radius 3 is 1.93 bits per heavy atom. The maximum absolute atomic E-state index is 13.9. The van der Waals surface area contributed by atoms with Gasteiger partial charge in [0.2, 0.25) is 0 Å². The lowest BCUT2D eigenvalue weighted by Gasteiger charge is -2.36. The molecule has 0 aliphatic heterocycles. The van der Waals surface area contributed by atoms with Crippen molar-refractivity contribution in [1.82, 2.24) is 4.90 Å². The molecule has 0 bridgehead atoms. The first-order chi connectivity index (χ1) is 22.3. The normalized spacial score (nSPS) is 14.0. The molecule has 1 amide bonds. The first-order valence-corrected chi connectivity index (χ1v) is 15.8. The van der Waals surface area contributed by atoms with Gasteiger partial charge in [-0.05, 0) is 42.2 Å². The summed E-state index contributed by atoms with van der Waals surface area (Å²) in [7, 11) is 1.65. The molecule has 1 aliphatic carbocycles. The molecule has 0 aromatic heterocycles. The Morgan fingerprint density at radius 2 is 1.30 bits per heavy atom. The van der Waals surface area contributed by atoms with Crippen LogP contribution in [0, 0.1) is 6.92 Å². The second-order valence-electron chi connectivity index (χ2n) is 11.8. The molecular formula is C40H36ClNO4. The number of rotatable bonds is 9. The maximum Gasteiger partial charge on any atom is 0.409 e. The van der Waals surface area contributed by atoms with Gasteiger partial charge in [0.1, 0.15) is 6.61 Å². The Morgan fingerprint density at radius 1 is 0.761 bits per heavy atom. The minimum absolute atomic E-state index is 0.0500. The molecule has 5 nitrogen and oxygen atoms in total. The predicted octanol–water partition coefficient (Wildman–Crippen LogP) is 9.14. The van der Waals surface area contributed by atoms with Gasteiger partial charge in [0.15, 0.2) is 5.60 Å². The molecule has 1 unspecified atom stereocenters. The number of benzene rings is 5. The van der Waals surface area contributed by atoms with Gasteiger partial charge < -0.3 is 14.4 Å². The number of amides is 1. The molecular weight excluding hydrogens is 594 g/mol. The van der Waals surface area contributed by atoms with Crippen molar-refractivity contribution in [2.75, 3.05) is 13.7 Å². The van der Waals surface area contributed by atoms with Crippen LogP contribution in [0.15, 0.2) is 127 Å². The van der Waals surface area contributed by atoms with Crippen molar-refractivity contribution in [3.8, 4) is 11.1 Å². The van der Waals surface area contributed by atoms with Gasteiger partial charge in [-0.15, -0.1) is 0 Å². The van der Waals surface area contributed by atoms with E-state index in [4.69, 9.17) is 21.1 Å². The van der Waals surface area contributed by atoms with Crippen molar-refractivity contribution < 1.29 is 19.1 Å². The number of hydrogen-bond acceptors (Lipinski definition) is 4. The topological polar surface area (TPSA) is 55.8 Å². The number of esters is 1. The van der Waals surface area contributed by atoms with Crippen LogP contribution in [0.2, 0.25) is 5.02 Å². The Balaban J connectivity index is 1.22. The van der Waals surface area contributed by atoms with Crippen molar-refractivity contribution in [1.29, 1.82) is 0 Å². The summed E-state index contributed by atoms with van der Waals surface area (Å²) in [5, 5.41) is 0.475. The highest BCUT2D eigenvalue weighted by Gasteiger charge is 2.42. The van der Waals surface area contributed by atoms with Gasteiger partial charge in [-0.1, -0.05) is 138 Å². The molecule has 6 heteroatoms. The Bertz CT molecular complexity index is 1810. The fourth-order valence-electron chi connectivity index (χ4n) is 6.32. The molecule has 0 saturated carbocycles. The highest BCUT2D eigenvalue weighted by Crippen LogP contribution is 2.45. The Labute approximate surface area is 275 Å². The number of aryl methyl sites for hydroxylation is 1. The van der Waals surface area contributed by atoms with E-state index in [1.54, 1.807) is 13.1 Å². The van der Waals surface area contributed by atoms with Crippen molar-refractivity contribution in [2.45, 2.75) is 37.8 Å². The zero-order chi connectivity index (χ0) is 32.3. The fourth-order valence-corrected chi connectivity index (χ4v) is 6.59. The number of nitrogens with zero attached hydrogens (tertiary/aromatic N) is 1. The van der Waals surface area contributed by atoms with Gasteiger partial charge in [0.05, 0.1) is 6.42 Å². The number of fused-ring (bicyclic) bond motifs is 3. The van der Waals surface area contributed by atoms with Crippen LogP contribution < -0.4 is 0 Å². The van der Waals surface area contributed by atoms with Gasteiger partial charge in [-0.3, -0.25) is 4.79 Å². The largest absolute Gasteiger partial charge is 0.448 e. The Kier molecular flexibility index (Phi) is 8.96. The van der Waals surface area contributed by atoms with Crippen LogP contribution in [0.4, 0.5) is 4.79 Å². The Hall–Kier alpha value is -4.87. The van der Waals surface area contributed by atoms with Crippen LogP contribution in [-0.4, -0.2) is 36.7 Å². The monoisotopic (exact) mass is 629 g/mol. The molecule has 46 heavy (non-hydrogen) atoms. The number of carbonyl (C=O) groups excluding carboxylic acids is 2. The van der Waals surface area contributed by atoms with E-state index < -0.39 is 23.7 Å². The smallest absolute Gasteiger partial charge is 0.409 e. The number of ether oxygens (including phenoxy) is 2. The number of carbonyl (C=O) groups is 2. The second-order valence-corrected chi connectivity index (χ2v) is 12.2. The minimum atomic E-state index is -1.31. The zero-order valence-electron chi connectivity index (χ0n) is 26.2. The summed E-state index contributed by atoms with van der Waals surface area (Å²) >= 11 is 6.81. The second kappa shape index (κ2) is 13.2. The van der Waals surface area contributed by atoms with E-state index in [2.05, 4.69) is 24.3 Å². The van der Waals surface area contributed by atoms with Gasteiger partial charge >= 0.3 is 12.1 Å². The lowest BCUT2D eigenvalue weighted by atomic mass is 9.79. The SMILES string of the molecule is Cc1ccc(C(OC(=O)C[C@@H](C)N(C)C(=O)OCC2c3ccccc3-c3ccccc32)(c2ccccc2)c2ccccc2Cl)cc1. The van der Waals surface area contributed by atoms with E-state index >= 15 is 0 Å². The van der Waals surface area contributed by atoms with Crippen LogP contribution >= 0.6 is 11.6 Å². The third kappa shape index (κ3) is 5.91. The van der Waals surface area contributed by atoms with Crippen LogP contribution in [0.25, 0.3) is 11.1 Å². The average molecular weight is 630 g/mol. The number of halogens is 1. The first kappa shape index (κ1) is 31.1. The molecule has 5 aromatic carbocycles. The van der Waals surface area contributed by atoms with Crippen molar-refractivity contribution in [3.63, 3.8) is 0 Å². The third-order valence-corrected chi connectivity index (χ3v) is 9.24. The molecule has 1 aliphatic rings. The first-order valence-electron chi connectivity index (χ1n) is 15.5. The highest BCUT2D eigenvalue weighted by molar-refractivity contribution is 6.31. The van der Waals surface area contributed by atoms with Gasteiger partial charge in [-0.25, -0.2) is 4.79 Å². The van der Waals surface area contributed by atoms with E-state index in [9.17, 15) is 9.59 Å². The predicted molar refractivity (Wildman–Crippen MR) is 182 cm³/mol. The quantitative estimate of drug-likeness (QED) is 0.121. The lowest BCUT2D eigenvalue weighted by Crippen LogP contribution is -2.40. The van der Waals surface area contributed by atoms with Crippen molar-refractivity contribution >= 4 is 23.7 Å². The lowest BCUT2D eigenvalue weighted by molar-refractivity contribution is -0.154. The summed E-state index contributed by atoms with van der Waals surface area (Å²) in [6.45, 7) is 4.02. The van der Waals surface area contributed by atoms with E-state index in [0.29, 0.717) is 10.6 Å². The molecule has 0 radical (unpaired) electrons.